The number of hydrogen-bond donors (Lipinski definition) is 1. The first-order chi connectivity index (χ1) is 11.7. The van der Waals surface area contributed by atoms with Crippen molar-refractivity contribution in [3.05, 3.63) is 53.1 Å². The smallest absolute Gasteiger partial charge is 0.416 e. The molecule has 2 rings (SSSR count). The molecular formula is C18H18F3NO3. The van der Waals surface area contributed by atoms with Crippen molar-refractivity contribution in [2.75, 3.05) is 19.5 Å². The van der Waals surface area contributed by atoms with Crippen molar-refractivity contribution in [2.45, 2.75) is 19.5 Å². The summed E-state index contributed by atoms with van der Waals surface area (Å²) in [5.41, 5.74) is 0.759. The van der Waals surface area contributed by atoms with Gasteiger partial charge in [0.2, 0.25) is 5.91 Å². The first-order valence-corrected chi connectivity index (χ1v) is 7.43. The highest BCUT2D eigenvalue weighted by molar-refractivity contribution is 5.93. The van der Waals surface area contributed by atoms with E-state index in [9.17, 15) is 18.0 Å². The van der Waals surface area contributed by atoms with Crippen LogP contribution in [0.1, 0.15) is 16.7 Å². The zero-order valence-corrected chi connectivity index (χ0v) is 14.0. The summed E-state index contributed by atoms with van der Waals surface area (Å²) in [5.74, 6) is 0.549. The van der Waals surface area contributed by atoms with Crippen molar-refractivity contribution in [2.24, 2.45) is 0 Å². The Labute approximate surface area is 143 Å². The van der Waals surface area contributed by atoms with E-state index in [0.717, 1.165) is 17.7 Å². The number of benzene rings is 2. The lowest BCUT2D eigenvalue weighted by Gasteiger charge is -2.14. The molecule has 0 heterocycles. The van der Waals surface area contributed by atoms with Gasteiger partial charge in [-0.25, -0.2) is 0 Å². The van der Waals surface area contributed by atoms with Gasteiger partial charge in [0.15, 0.2) is 11.5 Å². The van der Waals surface area contributed by atoms with Crippen molar-refractivity contribution in [3.63, 3.8) is 0 Å². The van der Waals surface area contributed by atoms with E-state index in [0.29, 0.717) is 17.2 Å². The van der Waals surface area contributed by atoms with Gasteiger partial charge >= 0.3 is 6.18 Å². The molecule has 25 heavy (non-hydrogen) atoms. The maximum atomic E-state index is 12.7. The fourth-order valence-corrected chi connectivity index (χ4v) is 2.35. The number of aryl methyl sites for hydroxylation is 1. The molecule has 0 unspecified atom stereocenters. The number of rotatable bonds is 5. The van der Waals surface area contributed by atoms with Gasteiger partial charge in [0, 0.05) is 11.8 Å². The molecule has 1 amide bonds. The fraction of sp³-hybridized carbons (Fsp3) is 0.278. The van der Waals surface area contributed by atoms with E-state index in [1.807, 2.05) is 0 Å². The van der Waals surface area contributed by atoms with Gasteiger partial charge in [-0.05, 0) is 30.2 Å². The molecule has 134 valence electrons. The lowest BCUT2D eigenvalue weighted by molar-refractivity contribution is -0.137. The Morgan fingerprint density at radius 2 is 1.72 bits per heavy atom. The van der Waals surface area contributed by atoms with Crippen molar-refractivity contribution in [1.82, 2.24) is 0 Å². The molecule has 0 aromatic heterocycles. The van der Waals surface area contributed by atoms with E-state index < -0.39 is 17.6 Å². The molecule has 7 heteroatoms. The average Bonchev–Trinajstić information content (AvgIpc) is 2.55. The van der Waals surface area contributed by atoms with Crippen LogP contribution in [-0.2, 0) is 17.4 Å². The molecule has 0 aliphatic carbocycles. The third kappa shape index (κ3) is 4.65. The minimum absolute atomic E-state index is 0.169. The van der Waals surface area contributed by atoms with Crippen LogP contribution in [0.2, 0.25) is 0 Å². The zero-order chi connectivity index (χ0) is 18.6. The Morgan fingerprint density at radius 1 is 1.08 bits per heavy atom. The van der Waals surface area contributed by atoms with Crippen LogP contribution in [0.5, 0.6) is 11.5 Å². The molecule has 1 N–H and O–H groups in total. The Balaban J connectivity index is 2.16. The summed E-state index contributed by atoms with van der Waals surface area (Å²) in [4.78, 5) is 12.2. The van der Waals surface area contributed by atoms with Crippen LogP contribution in [0.3, 0.4) is 0 Å². The highest BCUT2D eigenvalue weighted by atomic mass is 19.4. The lowest BCUT2D eigenvalue weighted by Crippen LogP contribution is -2.16. The number of amides is 1. The normalized spacial score (nSPS) is 11.1. The minimum Gasteiger partial charge on any atom is -0.493 e. The molecule has 4 nitrogen and oxygen atoms in total. The van der Waals surface area contributed by atoms with Gasteiger partial charge < -0.3 is 14.8 Å². The van der Waals surface area contributed by atoms with Gasteiger partial charge in [-0.3, -0.25) is 4.79 Å². The molecule has 0 fully saturated rings. The van der Waals surface area contributed by atoms with Gasteiger partial charge in [-0.2, -0.15) is 13.2 Å². The fourth-order valence-electron chi connectivity index (χ4n) is 2.35. The van der Waals surface area contributed by atoms with E-state index >= 15 is 0 Å². The van der Waals surface area contributed by atoms with Crippen molar-refractivity contribution in [3.8, 4) is 11.5 Å². The third-order valence-corrected chi connectivity index (χ3v) is 3.62. The number of methoxy groups -OCH3 is 2. The molecular weight excluding hydrogens is 335 g/mol. The number of anilines is 1. The SMILES string of the molecule is COc1cc(C)c(NC(=O)Cc2cccc(C(F)(F)F)c2)cc1OC. The van der Waals surface area contributed by atoms with Crippen molar-refractivity contribution in [1.29, 1.82) is 0 Å². The summed E-state index contributed by atoms with van der Waals surface area (Å²) in [6, 6.07) is 8.03. The van der Waals surface area contributed by atoms with Gasteiger partial charge in [-0.1, -0.05) is 18.2 Å². The van der Waals surface area contributed by atoms with Crippen LogP contribution in [0.4, 0.5) is 18.9 Å². The maximum absolute atomic E-state index is 12.7. The summed E-state index contributed by atoms with van der Waals surface area (Å²) >= 11 is 0. The summed E-state index contributed by atoms with van der Waals surface area (Å²) < 4.78 is 48.6. The van der Waals surface area contributed by atoms with E-state index in [-0.39, 0.29) is 12.0 Å². The molecule has 0 bridgehead atoms. The minimum atomic E-state index is -4.44. The third-order valence-electron chi connectivity index (χ3n) is 3.62. The highest BCUT2D eigenvalue weighted by Crippen LogP contribution is 2.33. The standard InChI is InChI=1S/C18H18F3NO3/c1-11-7-15(24-2)16(25-3)10-14(11)22-17(23)9-12-5-4-6-13(8-12)18(19,20)21/h4-8,10H,9H2,1-3H3,(H,22,23). The average molecular weight is 353 g/mol. The van der Waals surface area contributed by atoms with Gasteiger partial charge in [0.05, 0.1) is 26.2 Å². The molecule has 2 aromatic carbocycles. The molecule has 0 radical (unpaired) electrons. The second kappa shape index (κ2) is 7.46. The van der Waals surface area contributed by atoms with Gasteiger partial charge in [0.25, 0.3) is 0 Å². The lowest BCUT2D eigenvalue weighted by atomic mass is 10.1. The monoisotopic (exact) mass is 353 g/mol. The molecule has 0 saturated heterocycles. The molecule has 0 aliphatic rings. The second-order valence-electron chi connectivity index (χ2n) is 5.45. The summed E-state index contributed by atoms with van der Waals surface area (Å²) in [7, 11) is 2.98. The highest BCUT2D eigenvalue weighted by Gasteiger charge is 2.30. The molecule has 0 aliphatic heterocycles. The van der Waals surface area contributed by atoms with E-state index in [1.165, 1.54) is 26.4 Å². The molecule has 0 spiro atoms. The molecule has 2 aromatic rings. The van der Waals surface area contributed by atoms with Gasteiger partial charge in [-0.15, -0.1) is 0 Å². The number of nitrogens with one attached hydrogen (secondary N) is 1. The van der Waals surface area contributed by atoms with Crippen LogP contribution in [0.25, 0.3) is 0 Å². The number of carbonyl (C=O) groups is 1. The van der Waals surface area contributed by atoms with Crippen LogP contribution in [0, 0.1) is 6.92 Å². The largest absolute Gasteiger partial charge is 0.493 e. The van der Waals surface area contributed by atoms with Crippen molar-refractivity contribution >= 4 is 11.6 Å². The quantitative estimate of drug-likeness (QED) is 0.876. The number of alkyl halides is 3. The zero-order valence-electron chi connectivity index (χ0n) is 14.0. The molecule has 0 atom stereocenters. The predicted molar refractivity (Wildman–Crippen MR) is 88.1 cm³/mol. The first kappa shape index (κ1) is 18.6. The molecule has 0 saturated carbocycles. The maximum Gasteiger partial charge on any atom is 0.416 e. The van der Waals surface area contributed by atoms with Gasteiger partial charge in [0.1, 0.15) is 0 Å². The number of carbonyl (C=O) groups excluding carboxylic acids is 1. The van der Waals surface area contributed by atoms with Crippen LogP contribution < -0.4 is 14.8 Å². The van der Waals surface area contributed by atoms with Crippen molar-refractivity contribution < 1.29 is 27.4 Å². The Morgan fingerprint density at radius 3 is 2.32 bits per heavy atom. The number of ether oxygens (including phenoxy) is 2. The van der Waals surface area contributed by atoms with Crippen LogP contribution >= 0.6 is 0 Å². The number of hydrogen-bond acceptors (Lipinski definition) is 3. The Bertz CT molecular complexity index is 773. The first-order valence-electron chi connectivity index (χ1n) is 7.43. The van der Waals surface area contributed by atoms with E-state index in [1.54, 1.807) is 19.1 Å². The summed E-state index contributed by atoms with van der Waals surface area (Å²) in [5, 5.41) is 2.69. The number of halogens is 3. The predicted octanol–water partition coefficient (Wildman–Crippen LogP) is 4.21. The topological polar surface area (TPSA) is 47.6 Å². The second-order valence-corrected chi connectivity index (χ2v) is 5.45. The van der Waals surface area contributed by atoms with E-state index in [2.05, 4.69) is 5.32 Å². The Hall–Kier alpha value is -2.70. The Kier molecular flexibility index (Phi) is 5.56. The summed E-state index contributed by atoms with van der Waals surface area (Å²) in [6.45, 7) is 1.78. The van der Waals surface area contributed by atoms with Crippen LogP contribution in [-0.4, -0.2) is 20.1 Å². The van der Waals surface area contributed by atoms with E-state index in [4.69, 9.17) is 9.47 Å². The summed E-state index contributed by atoms with van der Waals surface area (Å²) in [6.07, 6.45) is -4.61. The van der Waals surface area contributed by atoms with Crippen LogP contribution in [0.15, 0.2) is 36.4 Å².